The number of urea groups is 2. The van der Waals surface area contributed by atoms with E-state index < -0.39 is 17.8 Å². The highest BCUT2D eigenvalue weighted by Crippen LogP contribution is 2.33. The van der Waals surface area contributed by atoms with Crippen LogP contribution >= 0.6 is 0 Å². The Bertz CT molecular complexity index is 753. The van der Waals surface area contributed by atoms with E-state index in [1.807, 2.05) is 0 Å². The van der Waals surface area contributed by atoms with Gasteiger partial charge in [0, 0.05) is 26.3 Å². The van der Waals surface area contributed by atoms with Gasteiger partial charge >= 0.3 is 18.2 Å². The Kier molecular flexibility index (Phi) is 5.57. The number of carbonyl (C=O) groups is 2. The number of nitrogens with one attached hydrogen (secondary N) is 4. The third-order valence-corrected chi connectivity index (χ3v) is 5.16. The molecule has 154 valence electrons. The van der Waals surface area contributed by atoms with E-state index in [0.717, 1.165) is 31.4 Å². The van der Waals surface area contributed by atoms with Gasteiger partial charge in [0.15, 0.2) is 0 Å². The molecule has 1 saturated heterocycles. The highest BCUT2D eigenvalue weighted by atomic mass is 19.4. The van der Waals surface area contributed by atoms with Gasteiger partial charge in [0.2, 0.25) is 0 Å². The van der Waals surface area contributed by atoms with Crippen LogP contribution in [0.25, 0.3) is 0 Å². The first-order valence-corrected chi connectivity index (χ1v) is 9.14. The first-order chi connectivity index (χ1) is 13.1. The fraction of sp³-hybridized carbons (Fsp3) is 0.556. The lowest BCUT2D eigenvalue weighted by molar-refractivity contribution is -0.137. The fourth-order valence-electron chi connectivity index (χ4n) is 3.78. The number of carbonyl (C=O) groups excluding carboxylic acids is 2. The van der Waals surface area contributed by atoms with Crippen LogP contribution in [0.3, 0.4) is 0 Å². The predicted molar refractivity (Wildman–Crippen MR) is 98.0 cm³/mol. The van der Waals surface area contributed by atoms with E-state index in [1.54, 1.807) is 19.0 Å². The molecule has 10 heteroatoms. The van der Waals surface area contributed by atoms with E-state index in [9.17, 15) is 22.8 Å². The van der Waals surface area contributed by atoms with Crippen molar-refractivity contribution in [2.75, 3.05) is 19.0 Å². The number of anilines is 1. The molecule has 1 heterocycles. The number of benzene rings is 1. The largest absolute Gasteiger partial charge is 0.416 e. The van der Waals surface area contributed by atoms with Crippen molar-refractivity contribution in [3.05, 3.63) is 29.3 Å². The van der Waals surface area contributed by atoms with Crippen LogP contribution in [0.2, 0.25) is 0 Å². The SMILES string of the molecule is CN(C)c1cc(C(F)(F)F)ccc1CNC(=O)NC1CCCC2NC(=O)NC12. The molecule has 1 saturated carbocycles. The molecule has 2 aliphatic rings. The number of hydrogen-bond donors (Lipinski definition) is 4. The minimum absolute atomic E-state index is 0.00167. The van der Waals surface area contributed by atoms with Gasteiger partial charge in [0.05, 0.1) is 23.7 Å². The molecule has 4 amide bonds. The summed E-state index contributed by atoms with van der Waals surface area (Å²) in [7, 11) is 3.30. The number of alkyl halides is 3. The molecule has 1 aliphatic carbocycles. The summed E-state index contributed by atoms with van der Waals surface area (Å²) in [6.07, 6.45) is -1.93. The van der Waals surface area contributed by atoms with Gasteiger partial charge in [-0.2, -0.15) is 13.2 Å². The van der Waals surface area contributed by atoms with Crippen molar-refractivity contribution in [3.63, 3.8) is 0 Å². The van der Waals surface area contributed by atoms with E-state index in [4.69, 9.17) is 0 Å². The molecule has 0 spiro atoms. The van der Waals surface area contributed by atoms with Crippen molar-refractivity contribution >= 4 is 17.7 Å². The molecule has 1 aromatic rings. The molecule has 28 heavy (non-hydrogen) atoms. The van der Waals surface area contributed by atoms with Gasteiger partial charge < -0.3 is 26.2 Å². The lowest BCUT2D eigenvalue weighted by atomic mass is 9.87. The van der Waals surface area contributed by atoms with Crippen molar-refractivity contribution in [2.45, 2.75) is 50.1 Å². The minimum atomic E-state index is -4.43. The monoisotopic (exact) mass is 399 g/mol. The summed E-state index contributed by atoms with van der Waals surface area (Å²) < 4.78 is 38.8. The summed E-state index contributed by atoms with van der Waals surface area (Å²) in [5.74, 6) is 0. The van der Waals surface area contributed by atoms with Crippen molar-refractivity contribution in [2.24, 2.45) is 0 Å². The maximum Gasteiger partial charge on any atom is 0.416 e. The molecule has 3 atom stereocenters. The lowest BCUT2D eigenvalue weighted by Crippen LogP contribution is -2.56. The topological polar surface area (TPSA) is 85.5 Å². The number of amides is 4. The Morgan fingerprint density at radius 2 is 2.00 bits per heavy atom. The quantitative estimate of drug-likeness (QED) is 0.626. The van der Waals surface area contributed by atoms with Crippen molar-refractivity contribution in [3.8, 4) is 0 Å². The molecule has 0 aromatic heterocycles. The van der Waals surface area contributed by atoms with Gasteiger partial charge in [-0.05, 0) is 37.0 Å². The first-order valence-electron chi connectivity index (χ1n) is 9.14. The number of fused-ring (bicyclic) bond motifs is 1. The fourth-order valence-corrected chi connectivity index (χ4v) is 3.78. The molecular formula is C18H24F3N5O2. The van der Waals surface area contributed by atoms with Crippen LogP contribution in [0.15, 0.2) is 18.2 Å². The molecule has 0 bridgehead atoms. The maximum atomic E-state index is 12.9. The van der Waals surface area contributed by atoms with Crippen LogP contribution in [-0.4, -0.2) is 44.3 Å². The average molecular weight is 399 g/mol. The smallest absolute Gasteiger partial charge is 0.377 e. The summed E-state index contributed by atoms with van der Waals surface area (Å²) in [4.78, 5) is 25.4. The van der Waals surface area contributed by atoms with Crippen LogP contribution in [0.5, 0.6) is 0 Å². The summed E-state index contributed by atoms with van der Waals surface area (Å²) in [6.45, 7) is 0.0862. The van der Waals surface area contributed by atoms with Gasteiger partial charge in [-0.3, -0.25) is 0 Å². The lowest BCUT2D eigenvalue weighted by Gasteiger charge is -2.33. The van der Waals surface area contributed by atoms with Crippen molar-refractivity contribution in [1.29, 1.82) is 0 Å². The van der Waals surface area contributed by atoms with Crippen LogP contribution in [0.1, 0.15) is 30.4 Å². The Labute approximate surface area is 161 Å². The van der Waals surface area contributed by atoms with E-state index in [2.05, 4.69) is 21.3 Å². The Hall–Kier alpha value is -2.65. The van der Waals surface area contributed by atoms with Crippen LogP contribution in [-0.2, 0) is 12.7 Å². The van der Waals surface area contributed by atoms with Crippen LogP contribution in [0.4, 0.5) is 28.4 Å². The molecule has 7 nitrogen and oxygen atoms in total. The molecule has 0 radical (unpaired) electrons. The number of halogens is 3. The third kappa shape index (κ3) is 4.42. The average Bonchev–Trinajstić information content (AvgIpc) is 3.00. The van der Waals surface area contributed by atoms with Crippen LogP contribution < -0.4 is 26.2 Å². The third-order valence-electron chi connectivity index (χ3n) is 5.16. The normalized spacial score (nSPS) is 24.0. The van der Waals surface area contributed by atoms with Gasteiger partial charge in [-0.1, -0.05) is 6.07 Å². The zero-order valence-electron chi connectivity index (χ0n) is 15.7. The van der Waals surface area contributed by atoms with E-state index >= 15 is 0 Å². The van der Waals surface area contributed by atoms with Gasteiger partial charge in [0.1, 0.15) is 0 Å². The number of rotatable bonds is 4. The first kappa shape index (κ1) is 20.1. The van der Waals surface area contributed by atoms with Gasteiger partial charge in [0.25, 0.3) is 0 Å². The summed E-state index contributed by atoms with van der Waals surface area (Å²) in [5.41, 5.74) is 0.229. The molecule has 1 aromatic carbocycles. The highest BCUT2D eigenvalue weighted by Gasteiger charge is 2.40. The highest BCUT2D eigenvalue weighted by molar-refractivity contribution is 5.78. The summed E-state index contributed by atoms with van der Waals surface area (Å²) >= 11 is 0. The zero-order chi connectivity index (χ0) is 20.5. The van der Waals surface area contributed by atoms with Crippen molar-refractivity contribution < 1.29 is 22.8 Å². The second-order valence-corrected chi connectivity index (χ2v) is 7.35. The van der Waals surface area contributed by atoms with Gasteiger partial charge in [-0.25, -0.2) is 9.59 Å². The number of hydrogen-bond acceptors (Lipinski definition) is 3. The molecule has 2 fully saturated rings. The zero-order valence-corrected chi connectivity index (χ0v) is 15.7. The van der Waals surface area contributed by atoms with Crippen LogP contribution in [0, 0.1) is 0 Å². The summed E-state index contributed by atoms with van der Waals surface area (Å²) in [5, 5.41) is 11.2. The second-order valence-electron chi connectivity index (χ2n) is 7.35. The molecule has 4 N–H and O–H groups in total. The Morgan fingerprint density at radius 3 is 2.68 bits per heavy atom. The predicted octanol–water partition coefficient (Wildman–Crippen LogP) is 2.17. The van der Waals surface area contributed by atoms with E-state index in [0.29, 0.717) is 11.3 Å². The number of nitrogens with zero attached hydrogens (tertiary/aromatic N) is 1. The molecular weight excluding hydrogens is 375 g/mol. The Morgan fingerprint density at radius 1 is 1.25 bits per heavy atom. The molecule has 1 aliphatic heterocycles. The minimum Gasteiger partial charge on any atom is -0.377 e. The molecule has 3 unspecified atom stereocenters. The molecule has 3 rings (SSSR count). The van der Waals surface area contributed by atoms with E-state index in [1.165, 1.54) is 6.07 Å². The maximum absolute atomic E-state index is 12.9. The standard InChI is InChI=1S/C18H24F3N5O2/c1-26(2)14-8-11(18(19,20)21)7-6-10(14)9-22-16(27)23-12-4-3-5-13-15(12)25-17(28)24-13/h6-8,12-13,15H,3-5,9H2,1-2H3,(H2,22,23,27)(H2,24,25,28). The summed E-state index contributed by atoms with van der Waals surface area (Å²) in [6, 6.07) is 2.45. The van der Waals surface area contributed by atoms with Crippen molar-refractivity contribution in [1.82, 2.24) is 21.3 Å². The Balaban J connectivity index is 1.62. The van der Waals surface area contributed by atoms with Gasteiger partial charge in [-0.15, -0.1) is 0 Å². The van der Waals surface area contributed by atoms with E-state index in [-0.39, 0.29) is 30.7 Å². The second kappa shape index (κ2) is 7.76.